The Bertz CT molecular complexity index is 991. The van der Waals surface area contributed by atoms with E-state index in [0.29, 0.717) is 25.3 Å². The van der Waals surface area contributed by atoms with Gasteiger partial charge in [-0.2, -0.15) is 5.10 Å². The van der Waals surface area contributed by atoms with Gasteiger partial charge in [0.1, 0.15) is 0 Å². The first-order valence-electron chi connectivity index (χ1n) is 9.89. The normalized spacial score (nSPS) is 15.9. The molecular formula is C22H23F2N5O. The van der Waals surface area contributed by atoms with Crippen LogP contribution in [0.1, 0.15) is 12.0 Å². The molecule has 2 aromatic carbocycles. The minimum Gasteiger partial charge on any atom is -0.371 e. The fourth-order valence-electron chi connectivity index (χ4n) is 3.59. The molecule has 8 heteroatoms. The minimum absolute atomic E-state index is 0.225. The number of aromatic nitrogens is 2. The predicted octanol–water partition coefficient (Wildman–Crippen LogP) is 3.48. The Morgan fingerprint density at radius 3 is 2.60 bits per heavy atom. The Balaban J connectivity index is 1.20. The molecule has 1 saturated heterocycles. The molecular weight excluding hydrogens is 388 g/mol. The Morgan fingerprint density at radius 1 is 1.07 bits per heavy atom. The van der Waals surface area contributed by atoms with E-state index in [-0.39, 0.29) is 11.9 Å². The average molecular weight is 411 g/mol. The number of halogens is 2. The maximum absolute atomic E-state index is 13.4. The van der Waals surface area contributed by atoms with E-state index in [1.807, 2.05) is 41.4 Å². The number of nitrogens with zero attached hydrogens (tertiary/aromatic N) is 3. The van der Waals surface area contributed by atoms with E-state index < -0.39 is 11.6 Å². The van der Waals surface area contributed by atoms with Gasteiger partial charge in [0.15, 0.2) is 11.6 Å². The van der Waals surface area contributed by atoms with Crippen molar-refractivity contribution < 1.29 is 13.6 Å². The van der Waals surface area contributed by atoms with Crippen molar-refractivity contribution >= 4 is 11.7 Å². The van der Waals surface area contributed by atoms with E-state index in [2.05, 4.69) is 15.7 Å². The molecule has 1 aliphatic heterocycles. The highest BCUT2D eigenvalue weighted by Crippen LogP contribution is 2.25. The summed E-state index contributed by atoms with van der Waals surface area (Å²) in [5.41, 5.74) is 2.62. The van der Waals surface area contributed by atoms with Crippen molar-refractivity contribution in [3.05, 3.63) is 78.1 Å². The lowest BCUT2D eigenvalue weighted by Crippen LogP contribution is -2.38. The number of urea groups is 1. The highest BCUT2D eigenvalue weighted by Gasteiger charge is 2.23. The van der Waals surface area contributed by atoms with Crippen molar-refractivity contribution in [2.45, 2.75) is 13.0 Å². The number of carbonyl (C=O) groups is 1. The van der Waals surface area contributed by atoms with E-state index in [4.69, 9.17) is 0 Å². The van der Waals surface area contributed by atoms with Gasteiger partial charge in [0, 0.05) is 50.3 Å². The molecule has 0 radical (unpaired) electrons. The van der Waals surface area contributed by atoms with Crippen LogP contribution in [-0.4, -0.2) is 35.4 Å². The van der Waals surface area contributed by atoms with Gasteiger partial charge in [0.2, 0.25) is 0 Å². The highest BCUT2D eigenvalue weighted by atomic mass is 19.2. The molecule has 1 fully saturated rings. The summed E-state index contributed by atoms with van der Waals surface area (Å²) in [5, 5.41) is 9.94. The molecule has 4 rings (SSSR count). The Kier molecular flexibility index (Phi) is 5.92. The number of hydrogen-bond donors (Lipinski definition) is 2. The van der Waals surface area contributed by atoms with Crippen molar-refractivity contribution in [2.24, 2.45) is 5.92 Å². The SMILES string of the molecule is O=C(NCc1ccc(-n2cccn2)cc1)NCC1CCN(c2ccc(F)c(F)c2)C1. The van der Waals surface area contributed by atoms with Crippen molar-refractivity contribution in [2.75, 3.05) is 24.5 Å². The van der Waals surface area contributed by atoms with Gasteiger partial charge in [-0.15, -0.1) is 0 Å². The van der Waals surface area contributed by atoms with Crippen LogP contribution < -0.4 is 15.5 Å². The summed E-state index contributed by atoms with van der Waals surface area (Å²) in [4.78, 5) is 14.1. The lowest BCUT2D eigenvalue weighted by Gasteiger charge is -2.19. The summed E-state index contributed by atoms with van der Waals surface area (Å²) in [6, 6.07) is 13.4. The lowest BCUT2D eigenvalue weighted by atomic mass is 10.1. The number of carbonyl (C=O) groups excluding carboxylic acids is 1. The zero-order valence-corrected chi connectivity index (χ0v) is 16.4. The van der Waals surface area contributed by atoms with Crippen LogP contribution in [0.15, 0.2) is 60.9 Å². The van der Waals surface area contributed by atoms with Gasteiger partial charge in [-0.3, -0.25) is 0 Å². The fraction of sp³-hybridized carbons (Fsp3) is 0.273. The van der Waals surface area contributed by atoms with Gasteiger partial charge >= 0.3 is 6.03 Å². The van der Waals surface area contributed by atoms with Gasteiger partial charge in [0.05, 0.1) is 5.69 Å². The number of hydrogen-bond acceptors (Lipinski definition) is 3. The predicted molar refractivity (Wildman–Crippen MR) is 110 cm³/mol. The smallest absolute Gasteiger partial charge is 0.315 e. The number of anilines is 1. The number of nitrogens with one attached hydrogen (secondary N) is 2. The molecule has 1 atom stereocenters. The maximum atomic E-state index is 13.4. The Hall–Kier alpha value is -3.42. The van der Waals surface area contributed by atoms with Crippen LogP contribution in [0.2, 0.25) is 0 Å². The zero-order chi connectivity index (χ0) is 20.9. The van der Waals surface area contributed by atoms with Gasteiger partial charge in [-0.25, -0.2) is 18.3 Å². The lowest BCUT2D eigenvalue weighted by molar-refractivity contribution is 0.239. The number of rotatable bonds is 6. The molecule has 1 aromatic heterocycles. The van der Waals surface area contributed by atoms with E-state index in [1.54, 1.807) is 16.9 Å². The van der Waals surface area contributed by atoms with Crippen LogP contribution in [0.3, 0.4) is 0 Å². The molecule has 6 nitrogen and oxygen atoms in total. The summed E-state index contributed by atoms with van der Waals surface area (Å²) in [6.07, 6.45) is 4.48. The van der Waals surface area contributed by atoms with Gasteiger partial charge in [-0.1, -0.05) is 12.1 Å². The van der Waals surface area contributed by atoms with Gasteiger partial charge < -0.3 is 15.5 Å². The maximum Gasteiger partial charge on any atom is 0.315 e. The summed E-state index contributed by atoms with van der Waals surface area (Å²) in [7, 11) is 0. The van der Waals surface area contributed by atoms with E-state index in [9.17, 15) is 13.6 Å². The van der Waals surface area contributed by atoms with Crippen LogP contribution in [-0.2, 0) is 6.54 Å². The van der Waals surface area contributed by atoms with Crippen LogP contribution in [0.5, 0.6) is 0 Å². The highest BCUT2D eigenvalue weighted by molar-refractivity contribution is 5.73. The molecule has 0 aliphatic carbocycles. The number of benzene rings is 2. The van der Waals surface area contributed by atoms with Crippen molar-refractivity contribution in [3.8, 4) is 5.69 Å². The van der Waals surface area contributed by atoms with Crippen molar-refractivity contribution in [1.29, 1.82) is 0 Å². The molecule has 0 bridgehead atoms. The summed E-state index contributed by atoms with van der Waals surface area (Å²) < 4.78 is 28.3. The molecule has 2 heterocycles. The van der Waals surface area contributed by atoms with E-state index in [1.165, 1.54) is 6.07 Å². The molecule has 0 spiro atoms. The molecule has 0 saturated carbocycles. The molecule has 2 N–H and O–H groups in total. The first kappa shape index (κ1) is 19.9. The minimum atomic E-state index is -0.844. The molecule has 30 heavy (non-hydrogen) atoms. The summed E-state index contributed by atoms with van der Waals surface area (Å²) in [5.74, 6) is -1.42. The van der Waals surface area contributed by atoms with Crippen LogP contribution in [0, 0.1) is 17.6 Å². The molecule has 1 aliphatic rings. The second-order valence-electron chi connectivity index (χ2n) is 7.38. The third-order valence-electron chi connectivity index (χ3n) is 5.26. The van der Waals surface area contributed by atoms with Gasteiger partial charge in [0.25, 0.3) is 0 Å². The monoisotopic (exact) mass is 411 g/mol. The average Bonchev–Trinajstić information content (AvgIpc) is 3.45. The third kappa shape index (κ3) is 4.76. The second-order valence-corrected chi connectivity index (χ2v) is 7.38. The molecule has 3 aromatic rings. The Morgan fingerprint density at radius 2 is 1.87 bits per heavy atom. The van der Waals surface area contributed by atoms with Crippen LogP contribution >= 0.6 is 0 Å². The molecule has 156 valence electrons. The van der Waals surface area contributed by atoms with Gasteiger partial charge in [-0.05, 0) is 48.2 Å². The van der Waals surface area contributed by atoms with Crippen LogP contribution in [0.25, 0.3) is 5.69 Å². The van der Waals surface area contributed by atoms with E-state index >= 15 is 0 Å². The molecule has 2 amide bonds. The quantitative estimate of drug-likeness (QED) is 0.653. The van der Waals surface area contributed by atoms with Crippen molar-refractivity contribution in [3.63, 3.8) is 0 Å². The third-order valence-corrected chi connectivity index (χ3v) is 5.26. The van der Waals surface area contributed by atoms with Crippen LogP contribution in [0.4, 0.5) is 19.3 Å². The van der Waals surface area contributed by atoms with E-state index in [0.717, 1.165) is 30.3 Å². The topological polar surface area (TPSA) is 62.2 Å². The zero-order valence-electron chi connectivity index (χ0n) is 16.4. The summed E-state index contributed by atoms with van der Waals surface area (Å²) in [6.45, 7) is 2.41. The standard InChI is InChI=1S/C22H23F2N5O/c23-20-7-6-19(12-21(20)24)28-11-8-17(15-28)14-26-22(30)25-13-16-2-4-18(5-3-16)29-10-1-9-27-29/h1-7,9-10,12,17H,8,11,13-15H2,(H2,25,26,30). The van der Waals surface area contributed by atoms with Crippen molar-refractivity contribution in [1.82, 2.24) is 20.4 Å². The summed E-state index contributed by atoms with van der Waals surface area (Å²) >= 11 is 0. The Labute approximate surface area is 173 Å². The molecule has 1 unspecified atom stereocenters. The largest absolute Gasteiger partial charge is 0.371 e. The number of amides is 2. The second kappa shape index (κ2) is 8.94. The first-order chi connectivity index (χ1) is 14.6. The first-order valence-corrected chi connectivity index (χ1v) is 9.89. The fourth-order valence-corrected chi connectivity index (χ4v) is 3.59.